The number of hydrogen-bond acceptors (Lipinski definition) is 30. The van der Waals surface area contributed by atoms with Gasteiger partial charge in [0.05, 0.1) is 34.3 Å². The van der Waals surface area contributed by atoms with Crippen LogP contribution in [0.4, 0.5) is 0 Å². The molecule has 6 aromatic carbocycles. The summed E-state index contributed by atoms with van der Waals surface area (Å²) in [5.41, 5.74) is -16.7. The van der Waals surface area contributed by atoms with Crippen LogP contribution >= 0.6 is 0 Å². The van der Waals surface area contributed by atoms with Crippen LogP contribution in [0.15, 0.2) is 48.2 Å². The summed E-state index contributed by atoms with van der Waals surface area (Å²) in [6.07, 6.45) is -14.7. The van der Waals surface area contributed by atoms with Crippen molar-refractivity contribution in [2.45, 2.75) is 54.6 Å². The van der Waals surface area contributed by atoms with Crippen molar-refractivity contribution in [1.29, 1.82) is 0 Å². The van der Waals surface area contributed by atoms with Gasteiger partial charge in [0.2, 0.25) is 34.4 Å². The first-order valence-corrected chi connectivity index (χ1v) is 24.8. The molecule has 85 heavy (non-hydrogen) atoms. The summed E-state index contributed by atoms with van der Waals surface area (Å²) in [5.74, 6) is -39.0. The van der Waals surface area contributed by atoms with Crippen molar-refractivity contribution in [3.05, 3.63) is 92.7 Å². The molecule has 6 bridgehead atoms. The number of cyclic esters (lactones) is 1. The largest absolute Gasteiger partial charge is 0.507 e. The molecule has 14 rings (SSSR count). The average molecular weight is 1180 g/mol. The van der Waals surface area contributed by atoms with Gasteiger partial charge < -0.3 is 120 Å². The summed E-state index contributed by atoms with van der Waals surface area (Å²) in [4.78, 5) is 91.4. The Balaban J connectivity index is 1.12. The van der Waals surface area contributed by atoms with Crippen LogP contribution in [-0.2, 0) is 39.7 Å². The second-order valence-electron chi connectivity index (χ2n) is 20.5. The van der Waals surface area contributed by atoms with Gasteiger partial charge in [0.1, 0.15) is 35.9 Å². The number of aromatic hydroxyl groups is 15. The number of esters is 5. The zero-order valence-electron chi connectivity index (χ0n) is 42.0. The summed E-state index contributed by atoms with van der Waals surface area (Å²) in [5, 5.41) is 192. The Morgan fingerprint density at radius 1 is 0.447 bits per heavy atom. The van der Waals surface area contributed by atoms with Gasteiger partial charge in [-0.15, -0.1) is 0 Å². The number of benzene rings is 6. The number of rotatable bonds is 1. The van der Waals surface area contributed by atoms with Gasteiger partial charge in [-0.25, -0.2) is 19.2 Å². The molecule has 1 spiro atoms. The van der Waals surface area contributed by atoms with Crippen LogP contribution in [0.1, 0.15) is 75.7 Å². The Morgan fingerprint density at radius 3 is 1.59 bits per heavy atom. The minimum absolute atomic E-state index is 0.0653. The molecule has 0 amide bonds. The highest BCUT2D eigenvalue weighted by atomic mass is 16.6. The number of carbonyl (C=O) groups excluding carboxylic acids is 6. The lowest BCUT2D eigenvalue weighted by molar-refractivity contribution is -0.200. The van der Waals surface area contributed by atoms with Crippen LogP contribution in [0, 0.1) is 5.92 Å². The molecule has 6 unspecified atom stereocenters. The lowest BCUT2D eigenvalue weighted by atomic mass is 9.66. The number of aliphatic hydroxyl groups excluding tert-OH is 2. The molecule has 0 aromatic heterocycles. The van der Waals surface area contributed by atoms with Gasteiger partial charge in [-0.2, -0.15) is 0 Å². The van der Waals surface area contributed by atoms with Crippen molar-refractivity contribution in [3.8, 4) is 120 Å². The highest BCUT2D eigenvalue weighted by Gasteiger charge is 2.76. The topological polar surface area (TPSA) is 511 Å². The summed E-state index contributed by atoms with van der Waals surface area (Å²) < 4.78 is 42.2. The third-order valence-electron chi connectivity index (χ3n) is 16.1. The molecule has 8 aliphatic rings. The maximum absolute atomic E-state index is 15.7. The molecule has 30 nitrogen and oxygen atoms in total. The Kier molecular flexibility index (Phi) is 10.9. The Labute approximate surface area is 468 Å². The number of Topliss-reactive ketones (excluding diaryl/α,β-unsaturated/α-hetero) is 1. The van der Waals surface area contributed by atoms with E-state index in [1.165, 1.54) is 6.07 Å². The molecule has 0 radical (unpaired) electrons. The van der Waals surface area contributed by atoms with Crippen molar-refractivity contribution < 1.29 is 149 Å². The fraction of sp³-hybridized carbons (Fsp3) is 0.200. The van der Waals surface area contributed by atoms with Crippen molar-refractivity contribution in [2.24, 2.45) is 5.92 Å². The molecule has 1 saturated heterocycles. The van der Waals surface area contributed by atoms with Crippen molar-refractivity contribution in [1.82, 2.24) is 0 Å². The van der Waals surface area contributed by atoms with Crippen LogP contribution in [0.2, 0.25) is 0 Å². The van der Waals surface area contributed by atoms with Crippen molar-refractivity contribution in [2.75, 3.05) is 6.61 Å². The van der Waals surface area contributed by atoms with Crippen LogP contribution in [0.5, 0.6) is 97.7 Å². The van der Waals surface area contributed by atoms with Gasteiger partial charge in [0.15, 0.2) is 87.7 Å². The van der Waals surface area contributed by atoms with Crippen molar-refractivity contribution >= 4 is 41.2 Å². The maximum atomic E-state index is 15.7. The van der Waals surface area contributed by atoms with Gasteiger partial charge in [0, 0.05) is 57.0 Å². The first-order chi connectivity index (χ1) is 40.2. The second-order valence-corrected chi connectivity index (χ2v) is 20.5. The molecule has 1 aliphatic carbocycles. The predicted molar refractivity (Wildman–Crippen MR) is 267 cm³/mol. The zero-order chi connectivity index (χ0) is 60.8. The number of ether oxygens (including phenoxy) is 7. The number of carbonyl (C=O) groups is 6. The fourth-order valence-corrected chi connectivity index (χ4v) is 12.3. The molecule has 17 N–H and O–H groups in total. The van der Waals surface area contributed by atoms with Gasteiger partial charge in [-0.1, -0.05) is 6.07 Å². The Bertz CT molecular complexity index is 4230. The van der Waals surface area contributed by atoms with E-state index in [9.17, 15) is 91.6 Å². The summed E-state index contributed by atoms with van der Waals surface area (Å²) in [7, 11) is 0. The number of phenols is 15. The number of ketones is 1. The number of aliphatic hydroxyl groups is 2. The van der Waals surface area contributed by atoms with Crippen LogP contribution in [0.25, 0.3) is 27.8 Å². The molecule has 436 valence electrons. The quantitative estimate of drug-likeness (QED) is 0.0638. The van der Waals surface area contributed by atoms with E-state index in [1.54, 1.807) is 0 Å². The Hall–Kier alpha value is -11.6. The first-order valence-electron chi connectivity index (χ1n) is 24.8. The van der Waals surface area contributed by atoms with E-state index in [1.807, 2.05) is 0 Å². The molecule has 7 aliphatic heterocycles. The van der Waals surface area contributed by atoms with Gasteiger partial charge in [0.25, 0.3) is 0 Å². The van der Waals surface area contributed by atoms with E-state index in [-0.39, 0.29) is 16.9 Å². The van der Waals surface area contributed by atoms with E-state index < -0.39 is 262 Å². The molecular weight excluding hydrogens is 1140 g/mol. The molecule has 7 heterocycles. The summed E-state index contributed by atoms with van der Waals surface area (Å²) in [6, 6.07) is 5.49. The van der Waals surface area contributed by atoms with E-state index in [2.05, 4.69) is 0 Å². The molecule has 30 heteroatoms. The summed E-state index contributed by atoms with van der Waals surface area (Å²) >= 11 is 0. The van der Waals surface area contributed by atoms with Gasteiger partial charge in [-0.05, 0) is 35.9 Å². The number of fused-ring (bicyclic) bond motifs is 9. The predicted octanol–water partition coefficient (Wildman–Crippen LogP) is 2.42. The standard InChI is InChI=1S/C55H36O30/c56-15-2-1-10(3-16(15)57)45-20(61)4-11-21(80-45)8-22-27(34(11)62)32-47-48-46-23(9-79-50(74)12-5-17(58)35(63)38(66)24(12)25-13(52(76)82-46)6-18(59)36(64)39(25)67)81-51(75)14-7-19(60)37(65)40(68)26(14)28-30(53(77)84-48)29(42(70)44(72)41(28)69)31-33(54(78)83-47)55(32,85-22)49(73)43(31)71/h1-3,5-8,20,23,32-33,45-48,56-72H,4,9H2/t20-,23?,32-,33?,45+,46?,47?,48?,55?/m0/s1. The van der Waals surface area contributed by atoms with Crippen LogP contribution < -0.4 is 9.47 Å². The minimum Gasteiger partial charge on any atom is -0.507 e. The van der Waals surface area contributed by atoms with Gasteiger partial charge >= 0.3 is 29.8 Å². The third-order valence-corrected chi connectivity index (χ3v) is 16.1. The maximum Gasteiger partial charge on any atom is 0.340 e. The SMILES string of the molecule is O=C1OCC2OC(=O)c3cc(O)c(O)c(O)c3-c3c(O)c(O)c(O)c4c3C(=O)OC(C2OC(=O)c2cc(O)c(O)c(O)c2-c2c1cc(O)c(O)c2O)C1OC(=O)C2C4=C(O)C(=O)C23Oc2cc4c(c(O)c2[C@@H]13)C[C@H](O)[C@@H](c1ccc(O)c(O)c1)O4. The summed E-state index contributed by atoms with van der Waals surface area (Å²) in [6.45, 7) is -1.57. The molecule has 1 fully saturated rings. The molecule has 9 atom stereocenters. The van der Waals surface area contributed by atoms with E-state index in [0.717, 1.165) is 18.2 Å². The fourth-order valence-electron chi connectivity index (χ4n) is 12.3. The van der Waals surface area contributed by atoms with E-state index >= 15 is 24.0 Å². The Morgan fingerprint density at radius 2 is 0.988 bits per heavy atom. The van der Waals surface area contributed by atoms with Crippen LogP contribution in [-0.4, -0.2) is 165 Å². The third kappa shape index (κ3) is 6.83. The van der Waals surface area contributed by atoms with Gasteiger partial charge in [-0.3, -0.25) is 9.59 Å². The lowest BCUT2D eigenvalue weighted by Crippen LogP contribution is -2.65. The van der Waals surface area contributed by atoms with E-state index in [4.69, 9.17) is 33.2 Å². The zero-order valence-corrected chi connectivity index (χ0v) is 42.0. The molecule has 0 saturated carbocycles. The highest BCUT2D eigenvalue weighted by molar-refractivity contribution is 6.22. The molecular formula is C55H36O30. The van der Waals surface area contributed by atoms with Crippen molar-refractivity contribution in [3.63, 3.8) is 0 Å². The monoisotopic (exact) mass is 1180 g/mol. The van der Waals surface area contributed by atoms with E-state index in [0.29, 0.717) is 18.2 Å². The number of phenolic OH excluding ortho intramolecular Hbond substituents is 15. The number of hydrogen-bond donors (Lipinski definition) is 17. The smallest absolute Gasteiger partial charge is 0.340 e. The minimum atomic E-state index is -3.14. The highest BCUT2D eigenvalue weighted by Crippen LogP contribution is 2.68. The van der Waals surface area contributed by atoms with Crippen LogP contribution in [0.3, 0.4) is 0 Å². The lowest BCUT2D eigenvalue weighted by Gasteiger charge is -2.47. The molecule has 6 aromatic rings. The average Bonchev–Trinajstić information content (AvgIpc) is 1.55. The normalized spacial score (nSPS) is 25.0. The second kappa shape index (κ2) is 17.5. The first kappa shape index (κ1) is 52.8.